The van der Waals surface area contributed by atoms with Crippen molar-refractivity contribution in [2.75, 3.05) is 39.8 Å². The summed E-state index contributed by atoms with van der Waals surface area (Å²) in [5, 5.41) is 3.57. The monoisotopic (exact) mass is 456 g/mol. The van der Waals surface area contributed by atoms with Crippen LogP contribution in [0.2, 0.25) is 0 Å². The topological polar surface area (TPSA) is 30.9 Å². The molecule has 1 atom stereocenters. The summed E-state index contributed by atoms with van der Waals surface area (Å²) in [6.45, 7) is 10.1. The Hall–Kier alpha value is -0.820. The maximum Gasteiger partial charge on any atom is 0.193 e. The third kappa shape index (κ3) is 5.58. The van der Waals surface area contributed by atoms with E-state index >= 15 is 0 Å². The highest BCUT2D eigenvalue weighted by atomic mass is 127. The summed E-state index contributed by atoms with van der Waals surface area (Å²) in [6, 6.07) is 7.54. The third-order valence-corrected chi connectivity index (χ3v) is 5.31. The molecule has 140 valence electrons. The van der Waals surface area contributed by atoms with Crippen LogP contribution in [0.4, 0.5) is 0 Å². The molecule has 0 aromatic heterocycles. The van der Waals surface area contributed by atoms with Gasteiger partial charge in [-0.1, -0.05) is 29.3 Å². The average molecular weight is 456 g/mol. The molecule has 0 radical (unpaired) electrons. The van der Waals surface area contributed by atoms with E-state index in [-0.39, 0.29) is 24.0 Å². The van der Waals surface area contributed by atoms with Gasteiger partial charge in [-0.25, -0.2) is 0 Å². The number of likely N-dealkylation sites (tertiary alicyclic amines) is 2. The predicted octanol–water partition coefficient (Wildman–Crippen LogP) is 3.21. The first-order valence-corrected chi connectivity index (χ1v) is 9.42. The van der Waals surface area contributed by atoms with Crippen molar-refractivity contribution in [1.29, 1.82) is 0 Å². The summed E-state index contributed by atoms with van der Waals surface area (Å²) in [4.78, 5) is 9.61. The van der Waals surface area contributed by atoms with Gasteiger partial charge < -0.3 is 10.2 Å². The van der Waals surface area contributed by atoms with E-state index in [2.05, 4.69) is 52.2 Å². The van der Waals surface area contributed by atoms with Crippen molar-refractivity contribution < 1.29 is 0 Å². The molecule has 4 nitrogen and oxygen atoms in total. The fraction of sp³-hybridized carbons (Fsp3) is 0.650. The molecule has 1 aromatic carbocycles. The highest BCUT2D eigenvalue weighted by molar-refractivity contribution is 14.0. The smallest absolute Gasteiger partial charge is 0.193 e. The van der Waals surface area contributed by atoms with Gasteiger partial charge in [0.05, 0.1) is 0 Å². The Kier molecular flexibility index (Phi) is 8.00. The number of hydrogen-bond acceptors (Lipinski definition) is 2. The quantitative estimate of drug-likeness (QED) is 0.429. The van der Waals surface area contributed by atoms with Gasteiger partial charge in [0.2, 0.25) is 0 Å². The second-order valence-corrected chi connectivity index (χ2v) is 7.35. The standard InChI is InChI=1S/C20H32N4.HI/c1-16-12-17(2)14-18(13-16)6-8-22-20(21-3)24-11-7-19(15-24)23-9-4-5-10-23;/h12-14,19H,4-11,15H2,1-3H3,(H,21,22);1H. The fourth-order valence-electron chi connectivity index (χ4n) is 4.20. The van der Waals surface area contributed by atoms with E-state index in [1.54, 1.807) is 0 Å². The SMILES string of the molecule is CN=C(NCCc1cc(C)cc(C)c1)N1CCC(N2CCCC2)C1.I. The number of guanidine groups is 1. The predicted molar refractivity (Wildman–Crippen MR) is 117 cm³/mol. The molecule has 5 heteroatoms. The molecule has 0 spiro atoms. The van der Waals surface area contributed by atoms with Gasteiger partial charge in [0.15, 0.2) is 5.96 Å². The molecule has 0 aliphatic carbocycles. The summed E-state index contributed by atoms with van der Waals surface area (Å²) < 4.78 is 0. The van der Waals surface area contributed by atoms with Crippen LogP contribution in [0.25, 0.3) is 0 Å². The fourth-order valence-corrected chi connectivity index (χ4v) is 4.20. The highest BCUT2D eigenvalue weighted by Gasteiger charge is 2.30. The lowest BCUT2D eigenvalue weighted by molar-refractivity contribution is 0.249. The van der Waals surface area contributed by atoms with Gasteiger partial charge >= 0.3 is 0 Å². The maximum atomic E-state index is 4.51. The number of aliphatic imine (C=N–C) groups is 1. The normalized spacial score (nSPS) is 21.5. The number of rotatable bonds is 4. The van der Waals surface area contributed by atoms with Crippen molar-refractivity contribution >= 4 is 29.9 Å². The van der Waals surface area contributed by atoms with E-state index in [1.807, 2.05) is 7.05 Å². The lowest BCUT2D eigenvalue weighted by Crippen LogP contribution is -2.43. The molecule has 2 heterocycles. The lowest BCUT2D eigenvalue weighted by atomic mass is 10.1. The first-order chi connectivity index (χ1) is 11.7. The largest absolute Gasteiger partial charge is 0.356 e. The van der Waals surface area contributed by atoms with Crippen LogP contribution >= 0.6 is 24.0 Å². The molecule has 2 fully saturated rings. The van der Waals surface area contributed by atoms with Gasteiger partial charge in [-0.2, -0.15) is 0 Å². The molecule has 0 saturated carbocycles. The Balaban J connectivity index is 0.00000225. The zero-order chi connectivity index (χ0) is 16.9. The molecule has 25 heavy (non-hydrogen) atoms. The Morgan fingerprint density at radius 3 is 2.44 bits per heavy atom. The summed E-state index contributed by atoms with van der Waals surface area (Å²) in [5.41, 5.74) is 4.11. The van der Waals surface area contributed by atoms with Crippen LogP contribution in [0, 0.1) is 13.8 Å². The van der Waals surface area contributed by atoms with Gasteiger partial charge in [-0.05, 0) is 58.2 Å². The van der Waals surface area contributed by atoms with Gasteiger partial charge in [0.25, 0.3) is 0 Å². The molecular weight excluding hydrogens is 423 g/mol. The van der Waals surface area contributed by atoms with Crippen molar-refractivity contribution in [2.24, 2.45) is 4.99 Å². The van der Waals surface area contributed by atoms with E-state index in [0.717, 1.165) is 38.1 Å². The Labute approximate surface area is 170 Å². The number of hydrogen-bond donors (Lipinski definition) is 1. The van der Waals surface area contributed by atoms with Crippen molar-refractivity contribution in [3.05, 3.63) is 34.9 Å². The van der Waals surface area contributed by atoms with E-state index in [1.165, 1.54) is 49.0 Å². The van der Waals surface area contributed by atoms with Crippen LogP contribution < -0.4 is 5.32 Å². The minimum absolute atomic E-state index is 0. The van der Waals surface area contributed by atoms with E-state index < -0.39 is 0 Å². The van der Waals surface area contributed by atoms with Crippen LogP contribution in [0.5, 0.6) is 0 Å². The van der Waals surface area contributed by atoms with E-state index in [9.17, 15) is 0 Å². The minimum Gasteiger partial charge on any atom is -0.356 e. The van der Waals surface area contributed by atoms with E-state index in [4.69, 9.17) is 0 Å². The number of halogens is 1. The molecular formula is C20H33IN4. The van der Waals surface area contributed by atoms with E-state index in [0.29, 0.717) is 0 Å². The third-order valence-electron chi connectivity index (χ3n) is 5.31. The zero-order valence-electron chi connectivity index (χ0n) is 15.9. The molecule has 3 rings (SSSR count). The molecule has 1 aromatic rings. The van der Waals surface area contributed by atoms with Crippen molar-refractivity contribution in [3.8, 4) is 0 Å². The summed E-state index contributed by atoms with van der Waals surface area (Å²) in [6.07, 6.45) is 5.07. The number of aryl methyl sites for hydroxylation is 2. The van der Waals surface area contributed by atoms with Crippen molar-refractivity contribution in [3.63, 3.8) is 0 Å². The van der Waals surface area contributed by atoms with Gasteiger partial charge in [0, 0.05) is 32.7 Å². The second-order valence-electron chi connectivity index (χ2n) is 7.35. The summed E-state index contributed by atoms with van der Waals surface area (Å²) in [7, 11) is 1.91. The van der Waals surface area contributed by atoms with Gasteiger partial charge in [-0.15, -0.1) is 24.0 Å². The highest BCUT2D eigenvalue weighted by Crippen LogP contribution is 2.20. The van der Waals surface area contributed by atoms with Gasteiger partial charge in [-0.3, -0.25) is 9.89 Å². The van der Waals surface area contributed by atoms with Crippen molar-refractivity contribution in [1.82, 2.24) is 15.1 Å². The Bertz CT molecular complexity index is 561. The zero-order valence-corrected chi connectivity index (χ0v) is 18.3. The lowest BCUT2D eigenvalue weighted by Gasteiger charge is -2.25. The molecule has 2 aliphatic rings. The molecule has 1 N–H and O–H groups in total. The average Bonchev–Trinajstić information content (AvgIpc) is 3.21. The number of benzene rings is 1. The summed E-state index contributed by atoms with van der Waals surface area (Å²) >= 11 is 0. The van der Waals surface area contributed by atoms with Gasteiger partial charge in [0.1, 0.15) is 0 Å². The minimum atomic E-state index is 0. The molecule has 2 aliphatic heterocycles. The second kappa shape index (κ2) is 9.76. The van der Waals surface area contributed by atoms with Crippen molar-refractivity contribution in [2.45, 2.75) is 45.6 Å². The van der Waals surface area contributed by atoms with Crippen LogP contribution in [-0.2, 0) is 6.42 Å². The first-order valence-electron chi connectivity index (χ1n) is 9.42. The maximum absolute atomic E-state index is 4.51. The summed E-state index contributed by atoms with van der Waals surface area (Å²) in [5.74, 6) is 1.07. The van der Waals surface area contributed by atoms with Crippen LogP contribution in [0.15, 0.2) is 23.2 Å². The first kappa shape index (κ1) is 20.5. The molecule has 0 bridgehead atoms. The molecule has 0 amide bonds. The van der Waals surface area contributed by atoms with Crippen LogP contribution in [0.1, 0.15) is 36.0 Å². The Morgan fingerprint density at radius 2 is 1.80 bits per heavy atom. The number of nitrogens with zero attached hydrogens (tertiary/aromatic N) is 3. The number of nitrogens with one attached hydrogen (secondary N) is 1. The van der Waals surface area contributed by atoms with Crippen LogP contribution in [-0.4, -0.2) is 61.6 Å². The Morgan fingerprint density at radius 1 is 1.12 bits per heavy atom. The molecule has 2 saturated heterocycles. The molecule has 1 unspecified atom stereocenters. The van der Waals surface area contributed by atoms with Crippen LogP contribution in [0.3, 0.4) is 0 Å².